The number of hydrogen-bond donors (Lipinski definition) is 1. The van der Waals surface area contributed by atoms with E-state index in [2.05, 4.69) is 9.89 Å². The molecule has 0 spiro atoms. The van der Waals surface area contributed by atoms with E-state index >= 15 is 0 Å². The Balaban J connectivity index is 2.44. The Bertz CT molecular complexity index is 531. The molecule has 0 aliphatic carbocycles. The zero-order chi connectivity index (χ0) is 17.5. The van der Waals surface area contributed by atoms with Gasteiger partial charge in [0.25, 0.3) is 5.91 Å². The molecule has 0 aromatic heterocycles. The van der Waals surface area contributed by atoms with Crippen LogP contribution in [0.2, 0.25) is 0 Å². The van der Waals surface area contributed by atoms with Crippen molar-refractivity contribution in [3.63, 3.8) is 0 Å². The molecule has 0 bridgehead atoms. The maximum absolute atomic E-state index is 11.9. The van der Waals surface area contributed by atoms with E-state index < -0.39 is 31.3 Å². The molecule has 0 aliphatic heterocycles. The highest BCUT2D eigenvalue weighted by Crippen LogP contribution is 2.14. The van der Waals surface area contributed by atoms with Crippen LogP contribution in [0, 0.1) is 0 Å². The molecular weight excluding hydrogens is 327 g/mol. The highest BCUT2D eigenvalue weighted by molar-refractivity contribution is 5.81. The van der Waals surface area contributed by atoms with Gasteiger partial charge in [0.05, 0.1) is 6.21 Å². The predicted octanol–water partition coefficient (Wildman–Crippen LogP) is 2.71. The fourth-order valence-corrected chi connectivity index (χ4v) is 1.30. The van der Waals surface area contributed by atoms with Crippen molar-refractivity contribution >= 4 is 12.1 Å². The molecule has 1 amide bonds. The van der Waals surface area contributed by atoms with Gasteiger partial charge in [-0.25, -0.2) is 0 Å². The molecule has 1 atom stereocenters. The quantitative estimate of drug-likeness (QED) is 0.472. The summed E-state index contributed by atoms with van der Waals surface area (Å²) < 4.78 is 63.8. The van der Waals surface area contributed by atoms with Crippen molar-refractivity contribution in [2.75, 3.05) is 6.54 Å². The van der Waals surface area contributed by atoms with Crippen LogP contribution in [0.3, 0.4) is 0 Å². The summed E-state index contributed by atoms with van der Waals surface area (Å²) in [5, 5.41) is 5.09. The second kappa shape index (κ2) is 8.30. The Morgan fingerprint density at radius 2 is 1.91 bits per heavy atom. The van der Waals surface area contributed by atoms with E-state index in [-0.39, 0.29) is 5.75 Å². The fourth-order valence-electron chi connectivity index (χ4n) is 1.30. The molecule has 23 heavy (non-hydrogen) atoms. The molecule has 0 heterocycles. The van der Waals surface area contributed by atoms with E-state index in [0.29, 0.717) is 5.56 Å². The summed E-state index contributed by atoms with van der Waals surface area (Å²) in [7, 11) is 0. The van der Waals surface area contributed by atoms with Crippen LogP contribution in [-0.4, -0.2) is 37.6 Å². The van der Waals surface area contributed by atoms with E-state index in [0.717, 1.165) is 0 Å². The number of hydrogen-bond acceptors (Lipinski definition) is 4. The third kappa shape index (κ3) is 7.98. The highest BCUT2D eigenvalue weighted by Gasteiger charge is 2.29. The monoisotopic (exact) mass is 340 g/mol. The summed E-state index contributed by atoms with van der Waals surface area (Å²) in [5.41, 5.74) is 0.453. The van der Waals surface area contributed by atoms with Crippen molar-refractivity contribution in [2.24, 2.45) is 5.16 Å². The second-order valence-corrected chi connectivity index (χ2v) is 4.26. The lowest BCUT2D eigenvalue weighted by atomic mass is 10.2. The number of rotatable bonds is 7. The number of benzene rings is 1. The van der Waals surface area contributed by atoms with Gasteiger partial charge in [-0.15, -0.1) is 0 Å². The number of oxime groups is 1. The third-order valence-corrected chi connectivity index (χ3v) is 2.36. The maximum atomic E-state index is 11.9. The molecule has 0 radical (unpaired) electrons. The van der Waals surface area contributed by atoms with Gasteiger partial charge in [0.15, 0.2) is 0 Å². The minimum atomic E-state index is -4.51. The zero-order valence-electron chi connectivity index (χ0n) is 11.8. The number of alkyl halides is 5. The first-order valence-corrected chi connectivity index (χ1v) is 6.26. The van der Waals surface area contributed by atoms with E-state index in [4.69, 9.17) is 4.84 Å². The molecule has 128 valence electrons. The molecule has 1 aromatic rings. The van der Waals surface area contributed by atoms with Crippen LogP contribution in [0.15, 0.2) is 29.4 Å². The number of halogens is 5. The van der Waals surface area contributed by atoms with Crippen molar-refractivity contribution in [1.29, 1.82) is 0 Å². The maximum Gasteiger partial charge on any atom is 0.405 e. The van der Waals surface area contributed by atoms with Crippen LogP contribution in [-0.2, 0) is 9.63 Å². The Morgan fingerprint density at radius 3 is 2.43 bits per heavy atom. The Morgan fingerprint density at radius 1 is 1.30 bits per heavy atom. The van der Waals surface area contributed by atoms with Crippen molar-refractivity contribution in [3.05, 3.63) is 29.8 Å². The Hall–Kier alpha value is -2.39. The van der Waals surface area contributed by atoms with Gasteiger partial charge in [0.2, 0.25) is 6.10 Å². The molecule has 0 fully saturated rings. The van der Waals surface area contributed by atoms with Gasteiger partial charge >= 0.3 is 12.8 Å². The minimum absolute atomic E-state index is 0.0436. The van der Waals surface area contributed by atoms with Crippen molar-refractivity contribution in [1.82, 2.24) is 5.32 Å². The fraction of sp³-hybridized carbons (Fsp3) is 0.385. The first-order chi connectivity index (χ1) is 10.7. The van der Waals surface area contributed by atoms with Crippen molar-refractivity contribution in [2.45, 2.75) is 25.8 Å². The Labute approximate surface area is 128 Å². The van der Waals surface area contributed by atoms with Gasteiger partial charge in [-0.1, -0.05) is 5.16 Å². The number of nitrogens with one attached hydrogen (secondary N) is 1. The topological polar surface area (TPSA) is 59.9 Å². The summed E-state index contributed by atoms with van der Waals surface area (Å²) >= 11 is 0. The molecule has 0 saturated carbocycles. The molecule has 0 saturated heterocycles. The van der Waals surface area contributed by atoms with Gasteiger partial charge in [-0.05, 0) is 36.8 Å². The molecular formula is C13H13F5N2O3. The summed E-state index contributed by atoms with van der Waals surface area (Å²) in [6.45, 7) is -3.17. The number of ether oxygens (including phenoxy) is 1. The van der Waals surface area contributed by atoms with Crippen LogP contribution in [0.4, 0.5) is 22.0 Å². The Kier molecular flexibility index (Phi) is 6.73. The van der Waals surface area contributed by atoms with E-state index in [1.165, 1.54) is 37.4 Å². The smallest absolute Gasteiger partial charge is 0.405 e. The summed E-state index contributed by atoms with van der Waals surface area (Å²) in [6.07, 6.45) is -4.57. The van der Waals surface area contributed by atoms with E-state index in [1.54, 1.807) is 5.32 Å². The number of nitrogens with zero attached hydrogens (tertiary/aromatic N) is 1. The number of carbonyl (C=O) groups is 1. The minimum Gasteiger partial charge on any atom is -0.435 e. The molecule has 10 heteroatoms. The standard InChI is InChI=1S/C13H13F5N2O3/c1-8(11(21)19-7-13(16,17)18)23-20-6-9-2-4-10(5-3-9)22-12(14)15/h2-6,8,12H,7H2,1H3,(H,19,21). The first-order valence-electron chi connectivity index (χ1n) is 6.26. The molecule has 1 N–H and O–H groups in total. The average Bonchev–Trinajstić information content (AvgIpc) is 2.45. The lowest BCUT2D eigenvalue weighted by Gasteiger charge is -2.11. The molecule has 0 aliphatic rings. The summed E-state index contributed by atoms with van der Waals surface area (Å²) in [5.74, 6) is -1.02. The van der Waals surface area contributed by atoms with Gasteiger partial charge in [0, 0.05) is 0 Å². The van der Waals surface area contributed by atoms with Crippen molar-refractivity contribution in [3.8, 4) is 5.75 Å². The number of amides is 1. The van der Waals surface area contributed by atoms with Gasteiger partial charge in [0.1, 0.15) is 12.3 Å². The van der Waals surface area contributed by atoms with E-state index in [9.17, 15) is 26.7 Å². The molecule has 1 rings (SSSR count). The zero-order valence-corrected chi connectivity index (χ0v) is 11.8. The van der Waals surface area contributed by atoms with Gasteiger partial charge in [-0.3, -0.25) is 4.79 Å². The van der Waals surface area contributed by atoms with Crippen molar-refractivity contribution < 1.29 is 36.3 Å². The lowest BCUT2D eigenvalue weighted by Crippen LogP contribution is -2.39. The largest absolute Gasteiger partial charge is 0.435 e. The third-order valence-electron chi connectivity index (χ3n) is 2.36. The highest BCUT2D eigenvalue weighted by atomic mass is 19.4. The molecule has 1 aromatic carbocycles. The summed E-state index contributed by atoms with van der Waals surface area (Å²) in [4.78, 5) is 16.0. The van der Waals surface area contributed by atoms with Crippen LogP contribution < -0.4 is 10.1 Å². The lowest BCUT2D eigenvalue weighted by molar-refractivity contribution is -0.144. The molecule has 5 nitrogen and oxygen atoms in total. The normalized spacial score (nSPS) is 13.2. The van der Waals surface area contributed by atoms with Crippen LogP contribution in [0.5, 0.6) is 5.75 Å². The first kappa shape index (κ1) is 18.7. The van der Waals surface area contributed by atoms with Gasteiger partial charge in [-0.2, -0.15) is 22.0 Å². The molecule has 1 unspecified atom stereocenters. The second-order valence-electron chi connectivity index (χ2n) is 4.26. The van der Waals surface area contributed by atoms with Gasteiger partial charge < -0.3 is 14.9 Å². The predicted molar refractivity (Wildman–Crippen MR) is 70.3 cm³/mol. The van der Waals surface area contributed by atoms with E-state index in [1.807, 2.05) is 0 Å². The number of carbonyl (C=O) groups excluding carboxylic acids is 1. The van der Waals surface area contributed by atoms with Crippen LogP contribution >= 0.6 is 0 Å². The summed E-state index contributed by atoms with van der Waals surface area (Å²) in [6, 6.07) is 5.35. The van der Waals surface area contributed by atoms with Crippen LogP contribution in [0.1, 0.15) is 12.5 Å². The average molecular weight is 340 g/mol. The van der Waals surface area contributed by atoms with Crippen LogP contribution in [0.25, 0.3) is 0 Å². The SMILES string of the molecule is CC(ON=Cc1ccc(OC(F)F)cc1)C(=O)NCC(F)(F)F.